The second-order valence-electron chi connectivity index (χ2n) is 8.55. The lowest BCUT2D eigenvalue weighted by Crippen LogP contribution is -2.44. The lowest BCUT2D eigenvalue weighted by molar-refractivity contribution is -0.123. The molecule has 2 aliphatic carbocycles. The average molecular weight is 402 g/mol. The van der Waals surface area contributed by atoms with Gasteiger partial charge in [-0.25, -0.2) is 9.97 Å². The number of anilines is 1. The predicted molar refractivity (Wildman–Crippen MR) is 115 cm³/mol. The van der Waals surface area contributed by atoms with E-state index >= 15 is 0 Å². The van der Waals surface area contributed by atoms with Crippen molar-refractivity contribution in [1.29, 1.82) is 0 Å². The quantitative estimate of drug-likeness (QED) is 0.777. The van der Waals surface area contributed by atoms with Crippen LogP contribution in [0.4, 0.5) is 5.82 Å². The maximum atomic E-state index is 12.0. The Bertz CT molecular complexity index is 841. The highest BCUT2D eigenvalue weighted by atomic mass is 32.1. The second-order valence-corrected chi connectivity index (χ2v) is 9.63. The molecule has 4 rings (SSSR count). The van der Waals surface area contributed by atoms with Crippen LogP contribution in [0.25, 0.3) is 10.2 Å². The summed E-state index contributed by atoms with van der Waals surface area (Å²) in [5.74, 6) is 1.14. The van der Waals surface area contributed by atoms with E-state index < -0.39 is 0 Å². The van der Waals surface area contributed by atoms with Crippen molar-refractivity contribution in [2.24, 2.45) is 0 Å². The fourth-order valence-corrected chi connectivity index (χ4v) is 5.84. The van der Waals surface area contributed by atoms with Gasteiger partial charge >= 0.3 is 0 Å². The molecule has 0 atom stereocenters. The number of likely N-dealkylation sites (N-methyl/N-ethyl adjacent to an activating group) is 1. The van der Waals surface area contributed by atoms with Crippen molar-refractivity contribution >= 4 is 33.3 Å². The van der Waals surface area contributed by atoms with Crippen LogP contribution in [-0.2, 0) is 17.6 Å². The number of carbonyl (C=O) groups excluding carboxylic acids is 1. The number of carbonyl (C=O) groups is 1. The normalized spacial score (nSPS) is 22.0. The lowest BCUT2D eigenvalue weighted by Gasteiger charge is -2.35. The third kappa shape index (κ3) is 4.15. The molecule has 0 bridgehead atoms. The van der Waals surface area contributed by atoms with Crippen LogP contribution in [-0.4, -0.2) is 52.5 Å². The molecule has 28 heavy (non-hydrogen) atoms. The SMILES string of the molecule is CC(C)NC(=O)CN(C)[C@H]1CC[C@H](Nc2ncnc3sc4c(c23)CCC4)CC1. The summed E-state index contributed by atoms with van der Waals surface area (Å²) < 4.78 is 0. The van der Waals surface area contributed by atoms with Crippen molar-refractivity contribution in [2.45, 2.75) is 76.9 Å². The highest BCUT2D eigenvalue weighted by molar-refractivity contribution is 7.19. The van der Waals surface area contributed by atoms with Gasteiger partial charge in [0.15, 0.2) is 0 Å². The number of nitrogens with zero attached hydrogens (tertiary/aromatic N) is 3. The summed E-state index contributed by atoms with van der Waals surface area (Å²) in [6, 6.07) is 1.13. The molecule has 0 unspecified atom stereocenters. The van der Waals surface area contributed by atoms with Crippen LogP contribution in [0.15, 0.2) is 6.33 Å². The minimum absolute atomic E-state index is 0.118. The fraction of sp³-hybridized carbons (Fsp3) is 0.667. The Balaban J connectivity index is 1.35. The Kier molecular flexibility index (Phi) is 5.83. The first-order valence-electron chi connectivity index (χ1n) is 10.5. The van der Waals surface area contributed by atoms with Crippen LogP contribution in [0.5, 0.6) is 0 Å². The molecule has 6 nitrogen and oxygen atoms in total. The van der Waals surface area contributed by atoms with Crippen LogP contribution in [0.2, 0.25) is 0 Å². The largest absolute Gasteiger partial charge is 0.367 e. The zero-order chi connectivity index (χ0) is 19.7. The molecule has 2 N–H and O–H groups in total. The van der Waals surface area contributed by atoms with Gasteiger partial charge in [-0.05, 0) is 71.4 Å². The number of rotatable bonds is 6. The molecule has 2 aromatic rings. The summed E-state index contributed by atoms with van der Waals surface area (Å²) in [4.78, 5) is 26.0. The Morgan fingerprint density at radius 2 is 2.04 bits per heavy atom. The molecule has 1 fully saturated rings. The number of hydrogen-bond donors (Lipinski definition) is 2. The first-order valence-corrected chi connectivity index (χ1v) is 11.3. The van der Waals surface area contributed by atoms with E-state index in [0.717, 1.165) is 42.8 Å². The van der Waals surface area contributed by atoms with Crippen LogP contribution in [0.1, 0.15) is 56.4 Å². The van der Waals surface area contributed by atoms with Crippen molar-refractivity contribution in [2.75, 3.05) is 18.9 Å². The van der Waals surface area contributed by atoms with Gasteiger partial charge in [0.2, 0.25) is 5.91 Å². The maximum absolute atomic E-state index is 12.0. The van der Waals surface area contributed by atoms with E-state index in [4.69, 9.17) is 0 Å². The highest BCUT2D eigenvalue weighted by Gasteiger charge is 2.27. The van der Waals surface area contributed by atoms with Gasteiger partial charge in [-0.15, -0.1) is 11.3 Å². The fourth-order valence-electron chi connectivity index (χ4n) is 4.62. The molecule has 0 spiro atoms. The van der Waals surface area contributed by atoms with Gasteiger partial charge in [0.05, 0.1) is 11.9 Å². The van der Waals surface area contributed by atoms with E-state index in [1.807, 2.05) is 25.2 Å². The van der Waals surface area contributed by atoms with E-state index in [1.54, 1.807) is 6.33 Å². The first-order chi connectivity index (χ1) is 13.5. The maximum Gasteiger partial charge on any atom is 0.234 e. The predicted octanol–water partition coefficient (Wildman–Crippen LogP) is 3.36. The second kappa shape index (κ2) is 8.33. The summed E-state index contributed by atoms with van der Waals surface area (Å²) in [5, 5.41) is 7.97. The van der Waals surface area contributed by atoms with Crippen molar-refractivity contribution in [3.05, 3.63) is 16.8 Å². The third-order valence-electron chi connectivity index (χ3n) is 6.00. The summed E-state index contributed by atoms with van der Waals surface area (Å²) in [6.07, 6.45) is 9.75. The topological polar surface area (TPSA) is 70.2 Å². The number of hydrogen-bond acceptors (Lipinski definition) is 6. The van der Waals surface area contributed by atoms with Gasteiger partial charge in [-0.2, -0.15) is 0 Å². The summed E-state index contributed by atoms with van der Waals surface area (Å²) >= 11 is 1.84. The van der Waals surface area contributed by atoms with E-state index in [9.17, 15) is 4.79 Å². The molecule has 2 heterocycles. The zero-order valence-electron chi connectivity index (χ0n) is 17.1. The van der Waals surface area contributed by atoms with Crippen molar-refractivity contribution < 1.29 is 4.79 Å². The molecule has 0 aliphatic heterocycles. The monoisotopic (exact) mass is 401 g/mol. The van der Waals surface area contributed by atoms with E-state index in [2.05, 4.69) is 32.5 Å². The molecular formula is C21H31N5OS. The van der Waals surface area contributed by atoms with Gasteiger partial charge in [-0.3, -0.25) is 9.69 Å². The molecule has 2 aliphatic rings. The number of nitrogens with one attached hydrogen (secondary N) is 2. The average Bonchev–Trinajstić information content (AvgIpc) is 3.22. The van der Waals surface area contributed by atoms with Gasteiger partial charge in [0, 0.05) is 23.0 Å². The number of thiophene rings is 1. The minimum Gasteiger partial charge on any atom is -0.367 e. The Labute approximate surface area is 171 Å². The molecule has 2 aromatic heterocycles. The Hall–Kier alpha value is -1.73. The van der Waals surface area contributed by atoms with Gasteiger partial charge in [0.25, 0.3) is 0 Å². The smallest absolute Gasteiger partial charge is 0.234 e. The Morgan fingerprint density at radius 1 is 1.25 bits per heavy atom. The van der Waals surface area contributed by atoms with Crippen molar-refractivity contribution in [3.8, 4) is 0 Å². The van der Waals surface area contributed by atoms with Crippen LogP contribution >= 0.6 is 11.3 Å². The molecule has 0 saturated heterocycles. The molecule has 152 valence electrons. The highest BCUT2D eigenvalue weighted by Crippen LogP contribution is 2.39. The van der Waals surface area contributed by atoms with Crippen LogP contribution < -0.4 is 10.6 Å². The zero-order valence-corrected chi connectivity index (χ0v) is 17.9. The number of fused-ring (bicyclic) bond motifs is 3. The molecule has 7 heteroatoms. The van der Waals surface area contributed by atoms with Gasteiger partial charge in [0.1, 0.15) is 17.0 Å². The molecule has 0 radical (unpaired) electrons. The van der Waals surface area contributed by atoms with E-state index in [-0.39, 0.29) is 11.9 Å². The first kappa shape index (κ1) is 19.6. The van der Waals surface area contributed by atoms with Crippen LogP contribution in [0, 0.1) is 0 Å². The Morgan fingerprint density at radius 3 is 2.79 bits per heavy atom. The minimum atomic E-state index is 0.118. The van der Waals surface area contributed by atoms with Gasteiger partial charge < -0.3 is 10.6 Å². The van der Waals surface area contributed by atoms with Crippen LogP contribution in [0.3, 0.4) is 0 Å². The summed E-state index contributed by atoms with van der Waals surface area (Å²) in [7, 11) is 2.07. The van der Waals surface area contributed by atoms with E-state index in [0.29, 0.717) is 18.6 Å². The number of aryl methyl sites for hydroxylation is 2. The lowest BCUT2D eigenvalue weighted by atomic mass is 9.90. The standard InChI is InChI=1S/C21H31N5OS/c1-13(2)24-18(27)11-26(3)15-9-7-14(8-10-15)25-20-19-16-5-4-6-17(16)28-21(19)23-12-22-20/h12-15H,4-11H2,1-3H3,(H,24,27)(H,22,23,25)/t14-,15-. The molecular weight excluding hydrogens is 370 g/mol. The van der Waals surface area contributed by atoms with E-state index in [1.165, 1.54) is 28.7 Å². The molecule has 0 aromatic carbocycles. The summed E-state index contributed by atoms with van der Waals surface area (Å²) in [6.45, 7) is 4.48. The molecule has 1 amide bonds. The number of aromatic nitrogens is 2. The van der Waals surface area contributed by atoms with Crippen molar-refractivity contribution in [3.63, 3.8) is 0 Å². The third-order valence-corrected chi connectivity index (χ3v) is 7.20. The number of amides is 1. The van der Waals surface area contributed by atoms with Gasteiger partial charge in [-0.1, -0.05) is 0 Å². The van der Waals surface area contributed by atoms with Crippen molar-refractivity contribution in [1.82, 2.24) is 20.2 Å². The molecule has 1 saturated carbocycles. The summed E-state index contributed by atoms with van der Waals surface area (Å²) in [5.41, 5.74) is 1.48.